The van der Waals surface area contributed by atoms with E-state index in [1.807, 2.05) is 146 Å². The summed E-state index contributed by atoms with van der Waals surface area (Å²) in [5, 5.41) is 2.30. The summed E-state index contributed by atoms with van der Waals surface area (Å²) in [5.74, 6) is -0.140. The van der Waals surface area contributed by atoms with Crippen LogP contribution in [0.5, 0.6) is 0 Å². The molecule has 13 rings (SSSR count). The molecule has 1 atom stereocenters. The lowest BCUT2D eigenvalue weighted by Crippen LogP contribution is -2.33. The Morgan fingerprint density at radius 3 is 1.11 bits per heavy atom. The maximum atomic E-state index is 16.7. The monoisotopic (exact) mass is 1300 g/mol. The molecule has 0 saturated carbocycles. The van der Waals surface area contributed by atoms with Crippen molar-refractivity contribution in [3.05, 3.63) is 262 Å². The number of nitrogens with zero attached hydrogens (tertiary/aromatic N) is 6. The van der Waals surface area contributed by atoms with Gasteiger partial charge in [0, 0.05) is 43.2 Å². The van der Waals surface area contributed by atoms with Crippen LogP contribution in [-0.2, 0) is 19.3 Å². The minimum Gasteiger partial charge on any atom is -0.324 e. The normalized spacial score (nSPS) is 15.4. The van der Waals surface area contributed by atoms with E-state index in [-0.39, 0.29) is 5.92 Å². The summed E-state index contributed by atoms with van der Waals surface area (Å²) < 4.78 is 108. The van der Waals surface area contributed by atoms with E-state index >= 15 is 25.9 Å². The van der Waals surface area contributed by atoms with Crippen LogP contribution in [0.15, 0.2) is 184 Å². The fraction of sp³-hybridized carbons (Fsp3) is 0.267. The van der Waals surface area contributed by atoms with Crippen molar-refractivity contribution in [3.8, 4) is 0 Å². The van der Waals surface area contributed by atoms with E-state index in [4.69, 9.17) is 15.0 Å². The van der Waals surface area contributed by atoms with Gasteiger partial charge in [-0.1, -0.05) is 171 Å². The quantitative estimate of drug-likeness (QED) is 0.0607. The Morgan fingerprint density at radius 2 is 0.742 bits per heavy atom. The molecule has 93 heavy (non-hydrogen) atoms. The second kappa shape index (κ2) is 27.6. The van der Waals surface area contributed by atoms with Gasteiger partial charge < -0.3 is 13.4 Å². The fourth-order valence-corrected chi connectivity index (χ4v) is 17.1. The number of hydrogen-bond donors (Lipinski definition) is 0. The van der Waals surface area contributed by atoms with Crippen molar-refractivity contribution >= 4 is 107 Å². The SMILES string of the molecule is CCCC1=CC2=c3ccc(s3)=c3cc(CCC)c(n3B(F)F)=C(c3ccccc3)C3=NC(=c4ccc(s4)=c4cc(CCC)c(n4B(F)F)=C(c4ccccc4)C4=NC(=c5ccc(s5)=c5cc(CCC)c(n5B(F)F)=C(c5ccccc5)C1=N2)C=C4CCC)CC3CCC. The third-order valence-corrected chi connectivity index (χ3v) is 21.4. The minimum atomic E-state index is -2.97. The molecule has 10 heterocycles. The van der Waals surface area contributed by atoms with E-state index < -0.39 is 22.2 Å². The Balaban J connectivity index is 1.25. The van der Waals surface area contributed by atoms with Crippen LogP contribution in [0.4, 0.5) is 25.9 Å². The van der Waals surface area contributed by atoms with Gasteiger partial charge >= 0.3 is 22.2 Å². The molecular formula is C75H71B3F6N6S3. The van der Waals surface area contributed by atoms with Crippen molar-refractivity contribution in [1.82, 2.24) is 13.4 Å². The Kier molecular flexibility index (Phi) is 18.9. The smallest absolute Gasteiger partial charge is 0.324 e. The highest BCUT2D eigenvalue weighted by molar-refractivity contribution is 7.08. The second-order valence-electron chi connectivity index (χ2n) is 24.3. The van der Waals surface area contributed by atoms with Crippen molar-refractivity contribution < 1.29 is 25.9 Å². The predicted molar refractivity (Wildman–Crippen MR) is 377 cm³/mol. The second-order valence-corrected chi connectivity index (χ2v) is 27.5. The third kappa shape index (κ3) is 12.0. The number of aliphatic imine (C=N–C) groups is 3. The van der Waals surface area contributed by atoms with E-state index in [1.54, 1.807) is 0 Å². The molecule has 1 unspecified atom stereocenters. The molecule has 0 radical (unpaired) electrons. The molecule has 4 aliphatic rings. The van der Waals surface area contributed by atoms with Crippen LogP contribution in [-0.4, -0.2) is 52.8 Å². The number of halogens is 6. The molecule has 0 N–H and O–H groups in total. The number of thiophene rings is 3. The molecule has 18 bridgehead atoms. The lowest BCUT2D eigenvalue weighted by molar-refractivity contribution is 0.619. The predicted octanol–water partition coefficient (Wildman–Crippen LogP) is 15.3. The lowest BCUT2D eigenvalue weighted by Gasteiger charge is -2.17. The van der Waals surface area contributed by atoms with E-state index in [1.165, 1.54) is 47.4 Å². The molecule has 0 saturated heterocycles. The number of benzene rings is 3. The molecule has 0 amide bonds. The summed E-state index contributed by atoms with van der Waals surface area (Å²) in [5.41, 5.74) is 12.1. The standard InChI is InChI=1S/C75H71B3F6N6S3/c1-7-22-49-40-55-61-34-37-64(91-61)59-44-53(26-11-5)74(89(59)77(81)82)68(47-30-18-14-19-31-47)71-51(24-9-3)42-57(87-71)63-36-39-66(93-63)60-45-54(27-12-6)75(90(60)78(83)84)69(48-32-20-15-21-33-48)72-50(23-8-2)41-56(86-72)62-35-38-65(92-62)58-43-52(25-10-4)73(88(58)76(79)80)67(70(49)85-55)46-28-16-13-17-29-46/h13-21,28-41,43-45,51H,7-12,22-27,42H2,1-6H3. The first-order valence-electron chi connectivity index (χ1n) is 32.8. The van der Waals surface area contributed by atoms with Gasteiger partial charge in [0.05, 0.1) is 72.9 Å². The molecule has 6 nitrogen and oxygen atoms in total. The van der Waals surface area contributed by atoms with Crippen LogP contribution < -0.4 is 29.6 Å². The van der Waals surface area contributed by atoms with E-state index in [9.17, 15) is 0 Å². The number of allylic oxidation sites excluding steroid dienone is 2. The van der Waals surface area contributed by atoms with Crippen molar-refractivity contribution in [1.29, 1.82) is 0 Å². The van der Waals surface area contributed by atoms with Gasteiger partial charge in [-0.3, -0.25) is 30.9 Å². The van der Waals surface area contributed by atoms with Crippen molar-refractivity contribution in [2.24, 2.45) is 20.9 Å². The molecule has 18 heteroatoms. The Hall–Kier alpha value is -7.92. The molecule has 470 valence electrons. The van der Waals surface area contributed by atoms with Gasteiger partial charge in [-0.05, 0) is 156 Å². The first-order valence-corrected chi connectivity index (χ1v) is 35.3. The average Bonchev–Trinajstić information content (AvgIpc) is 1.62. The van der Waals surface area contributed by atoms with Gasteiger partial charge in [0.25, 0.3) is 0 Å². The molecule has 9 aromatic rings. The maximum absolute atomic E-state index is 16.7. The molecule has 0 spiro atoms. The van der Waals surface area contributed by atoms with Gasteiger partial charge in [0.2, 0.25) is 0 Å². The van der Waals surface area contributed by atoms with Gasteiger partial charge in [-0.2, -0.15) is 0 Å². The number of rotatable bonds is 18. The van der Waals surface area contributed by atoms with Crippen LogP contribution in [0.25, 0.3) is 33.8 Å². The summed E-state index contributed by atoms with van der Waals surface area (Å²) in [4.78, 5) is 16.5. The minimum absolute atomic E-state index is 0.140. The maximum Gasteiger partial charge on any atom is 0.678 e. The summed E-state index contributed by atoms with van der Waals surface area (Å²) in [6.07, 6.45) is 12.5. The Morgan fingerprint density at radius 1 is 0.398 bits per heavy atom. The van der Waals surface area contributed by atoms with Gasteiger partial charge in [0.15, 0.2) is 0 Å². The number of aromatic nitrogens is 3. The number of aryl methyl sites for hydroxylation is 3. The summed E-state index contributed by atoms with van der Waals surface area (Å²) in [7, 11) is -8.87. The zero-order valence-corrected chi connectivity index (χ0v) is 55.6. The fourth-order valence-electron chi connectivity index (χ4n) is 14.1. The first kappa shape index (κ1) is 63.8. The van der Waals surface area contributed by atoms with Crippen molar-refractivity contribution in [3.63, 3.8) is 0 Å². The Labute approximate surface area is 550 Å². The van der Waals surface area contributed by atoms with E-state index in [0.29, 0.717) is 143 Å². The number of hydrogen-bond acceptors (Lipinski definition) is 6. The van der Waals surface area contributed by atoms with Crippen LogP contribution in [0, 0.1) is 35.6 Å². The summed E-state index contributed by atoms with van der Waals surface area (Å²) >= 11 is 4.19. The van der Waals surface area contributed by atoms with Gasteiger partial charge in [-0.25, -0.2) is 9.98 Å². The molecule has 6 aromatic heterocycles. The molecule has 4 aliphatic heterocycles. The van der Waals surface area contributed by atoms with Crippen LogP contribution >= 0.6 is 34.0 Å². The highest BCUT2D eigenvalue weighted by atomic mass is 32.1. The van der Waals surface area contributed by atoms with E-state index in [0.717, 1.165) is 95.2 Å². The molecular weight excluding hydrogens is 1230 g/mol. The molecule has 0 fully saturated rings. The van der Waals surface area contributed by atoms with Crippen molar-refractivity contribution in [2.45, 2.75) is 125 Å². The van der Waals surface area contributed by atoms with Crippen LogP contribution in [0.3, 0.4) is 0 Å². The largest absolute Gasteiger partial charge is 0.678 e. The van der Waals surface area contributed by atoms with Gasteiger partial charge in [-0.15, -0.1) is 34.0 Å². The number of fused-ring (bicyclic) bond motifs is 15. The zero-order chi connectivity index (χ0) is 64.6. The highest BCUT2D eigenvalue weighted by Gasteiger charge is 2.34. The van der Waals surface area contributed by atoms with Crippen LogP contribution in [0.2, 0.25) is 0 Å². The molecule has 3 aromatic carbocycles. The van der Waals surface area contributed by atoms with E-state index in [2.05, 4.69) is 53.7 Å². The summed E-state index contributed by atoms with van der Waals surface area (Å²) in [6.45, 7) is 12.5. The zero-order valence-electron chi connectivity index (χ0n) is 53.2. The van der Waals surface area contributed by atoms with Gasteiger partial charge in [0.1, 0.15) is 0 Å². The topological polar surface area (TPSA) is 51.9 Å². The highest BCUT2D eigenvalue weighted by Crippen LogP contribution is 2.36. The summed E-state index contributed by atoms with van der Waals surface area (Å²) in [6, 6.07) is 46.4. The third-order valence-electron chi connectivity index (χ3n) is 17.9. The lowest BCUT2D eigenvalue weighted by atomic mass is 9.87. The Bertz CT molecular complexity index is 5270. The molecule has 0 aliphatic carbocycles. The van der Waals surface area contributed by atoms with Crippen LogP contribution in [0.1, 0.15) is 139 Å². The van der Waals surface area contributed by atoms with Crippen molar-refractivity contribution in [2.75, 3.05) is 0 Å². The first-order chi connectivity index (χ1) is 45.4. The average molecular weight is 1300 g/mol.